The van der Waals surface area contributed by atoms with Crippen molar-refractivity contribution in [3.63, 3.8) is 0 Å². The standard InChI is InChI=1S/C15H15NOS/c1-2-10-6-8-11(9-7-10)15-16-12-4-3-5-13(17)14(12)18-15/h6-9H,2-5H2,1H3. The number of aryl methyl sites for hydroxylation is 2. The summed E-state index contributed by atoms with van der Waals surface area (Å²) >= 11 is 1.55. The van der Waals surface area contributed by atoms with Crippen molar-refractivity contribution in [3.05, 3.63) is 40.4 Å². The van der Waals surface area contributed by atoms with Crippen LogP contribution in [0, 0.1) is 0 Å². The van der Waals surface area contributed by atoms with Gasteiger partial charge in [0.25, 0.3) is 0 Å². The van der Waals surface area contributed by atoms with Crippen molar-refractivity contribution in [1.29, 1.82) is 0 Å². The molecule has 3 heteroatoms. The maximum Gasteiger partial charge on any atom is 0.174 e. The molecule has 0 aliphatic heterocycles. The lowest BCUT2D eigenvalue weighted by Gasteiger charge is -2.06. The topological polar surface area (TPSA) is 30.0 Å². The van der Waals surface area contributed by atoms with Gasteiger partial charge in [-0.25, -0.2) is 4.98 Å². The summed E-state index contributed by atoms with van der Waals surface area (Å²) in [6.07, 6.45) is 3.63. The summed E-state index contributed by atoms with van der Waals surface area (Å²) in [6.45, 7) is 2.15. The Labute approximate surface area is 111 Å². The minimum absolute atomic E-state index is 0.269. The van der Waals surface area contributed by atoms with E-state index in [9.17, 15) is 4.79 Å². The number of Topliss-reactive ketones (excluding diaryl/α,β-unsaturated/α-hetero) is 1. The summed E-state index contributed by atoms with van der Waals surface area (Å²) < 4.78 is 0. The fourth-order valence-electron chi connectivity index (χ4n) is 2.28. The first kappa shape index (κ1) is 11.6. The lowest BCUT2D eigenvalue weighted by molar-refractivity contribution is 0.0976. The number of carbonyl (C=O) groups excluding carboxylic acids is 1. The van der Waals surface area contributed by atoms with Crippen LogP contribution in [0.2, 0.25) is 0 Å². The van der Waals surface area contributed by atoms with Crippen molar-refractivity contribution in [1.82, 2.24) is 4.98 Å². The third kappa shape index (κ3) is 1.99. The van der Waals surface area contributed by atoms with Gasteiger partial charge in [-0.3, -0.25) is 4.79 Å². The first-order valence-electron chi connectivity index (χ1n) is 6.40. The van der Waals surface area contributed by atoms with E-state index in [0.717, 1.165) is 40.4 Å². The maximum absolute atomic E-state index is 11.8. The first-order valence-corrected chi connectivity index (χ1v) is 7.22. The molecule has 0 saturated carbocycles. The van der Waals surface area contributed by atoms with E-state index in [4.69, 9.17) is 0 Å². The van der Waals surface area contributed by atoms with Crippen LogP contribution in [0.1, 0.15) is 40.7 Å². The van der Waals surface area contributed by atoms with Gasteiger partial charge in [0.2, 0.25) is 0 Å². The van der Waals surface area contributed by atoms with Gasteiger partial charge >= 0.3 is 0 Å². The predicted octanol–water partition coefficient (Wildman–Crippen LogP) is 3.89. The zero-order chi connectivity index (χ0) is 12.5. The van der Waals surface area contributed by atoms with Gasteiger partial charge in [-0.1, -0.05) is 31.2 Å². The van der Waals surface area contributed by atoms with Crippen LogP contribution in [0.4, 0.5) is 0 Å². The molecule has 2 nitrogen and oxygen atoms in total. The van der Waals surface area contributed by atoms with Gasteiger partial charge in [-0.15, -0.1) is 11.3 Å². The number of ketones is 1. The van der Waals surface area contributed by atoms with E-state index < -0.39 is 0 Å². The van der Waals surface area contributed by atoms with Gasteiger partial charge in [-0.05, 0) is 24.8 Å². The second kappa shape index (κ2) is 4.65. The number of fused-ring (bicyclic) bond motifs is 1. The Morgan fingerprint density at radius 1 is 1.22 bits per heavy atom. The van der Waals surface area contributed by atoms with Gasteiger partial charge in [0.05, 0.1) is 10.6 Å². The number of aromatic nitrogens is 1. The van der Waals surface area contributed by atoms with Gasteiger partial charge < -0.3 is 0 Å². The summed E-state index contributed by atoms with van der Waals surface area (Å²) in [4.78, 5) is 17.3. The SMILES string of the molecule is CCc1ccc(-c2nc3c(s2)C(=O)CCC3)cc1. The van der Waals surface area contributed by atoms with Gasteiger partial charge in [0.15, 0.2) is 5.78 Å². The third-order valence-electron chi connectivity index (χ3n) is 3.38. The molecule has 0 fully saturated rings. The van der Waals surface area contributed by atoms with Crippen LogP contribution in [-0.2, 0) is 12.8 Å². The van der Waals surface area contributed by atoms with Crippen LogP contribution in [0.25, 0.3) is 10.6 Å². The number of hydrogen-bond donors (Lipinski definition) is 0. The minimum Gasteiger partial charge on any atom is -0.293 e. The molecule has 1 aliphatic carbocycles. The average Bonchev–Trinajstić information content (AvgIpc) is 2.84. The summed E-state index contributed by atoms with van der Waals surface area (Å²) in [5, 5.41) is 0.984. The second-order valence-electron chi connectivity index (χ2n) is 4.62. The van der Waals surface area contributed by atoms with E-state index in [1.54, 1.807) is 11.3 Å². The van der Waals surface area contributed by atoms with Crippen molar-refractivity contribution in [2.45, 2.75) is 32.6 Å². The quantitative estimate of drug-likeness (QED) is 0.817. The predicted molar refractivity (Wildman–Crippen MR) is 74.2 cm³/mol. The third-order valence-corrected chi connectivity index (χ3v) is 4.56. The van der Waals surface area contributed by atoms with Crippen LogP contribution >= 0.6 is 11.3 Å². The van der Waals surface area contributed by atoms with Crippen LogP contribution in [0.5, 0.6) is 0 Å². The number of hydrogen-bond acceptors (Lipinski definition) is 3. The maximum atomic E-state index is 11.8. The van der Waals surface area contributed by atoms with E-state index in [-0.39, 0.29) is 5.78 Å². The number of thiazole rings is 1. The highest BCUT2D eigenvalue weighted by molar-refractivity contribution is 7.17. The molecular weight excluding hydrogens is 242 g/mol. The Bertz CT molecular complexity index is 583. The molecule has 2 aromatic rings. The number of carbonyl (C=O) groups is 1. The Kier molecular flexibility index (Phi) is 3.00. The summed E-state index contributed by atoms with van der Waals surface area (Å²) in [6, 6.07) is 8.48. The second-order valence-corrected chi connectivity index (χ2v) is 5.62. The Morgan fingerprint density at radius 2 is 2.00 bits per heavy atom. The van der Waals surface area contributed by atoms with E-state index in [0.29, 0.717) is 6.42 Å². The number of benzene rings is 1. The summed E-state index contributed by atoms with van der Waals surface area (Å²) in [7, 11) is 0. The molecule has 1 aliphatic rings. The zero-order valence-electron chi connectivity index (χ0n) is 10.4. The Hall–Kier alpha value is -1.48. The van der Waals surface area contributed by atoms with Crippen molar-refractivity contribution >= 4 is 17.1 Å². The first-order chi connectivity index (χ1) is 8.78. The molecule has 0 unspecified atom stereocenters. The molecule has 0 amide bonds. The normalized spacial score (nSPS) is 14.6. The lowest BCUT2D eigenvalue weighted by Crippen LogP contribution is -2.07. The van der Waals surface area contributed by atoms with Gasteiger partial charge in [0.1, 0.15) is 5.01 Å². The largest absolute Gasteiger partial charge is 0.293 e. The van der Waals surface area contributed by atoms with E-state index in [1.165, 1.54) is 5.56 Å². The van der Waals surface area contributed by atoms with Gasteiger partial charge in [-0.2, -0.15) is 0 Å². The molecule has 18 heavy (non-hydrogen) atoms. The van der Waals surface area contributed by atoms with Crippen molar-refractivity contribution in [2.75, 3.05) is 0 Å². The summed E-state index contributed by atoms with van der Waals surface area (Å²) in [5.74, 6) is 0.269. The van der Waals surface area contributed by atoms with Crippen molar-refractivity contribution in [3.8, 4) is 10.6 Å². The highest BCUT2D eigenvalue weighted by Gasteiger charge is 2.22. The molecule has 3 rings (SSSR count). The van der Waals surface area contributed by atoms with Crippen molar-refractivity contribution < 1.29 is 4.79 Å². The molecule has 1 heterocycles. The molecular formula is C15H15NOS. The van der Waals surface area contributed by atoms with Crippen LogP contribution < -0.4 is 0 Å². The molecule has 0 N–H and O–H groups in total. The smallest absolute Gasteiger partial charge is 0.174 e. The van der Waals surface area contributed by atoms with E-state index >= 15 is 0 Å². The number of nitrogens with zero attached hydrogens (tertiary/aromatic N) is 1. The molecule has 0 atom stereocenters. The summed E-state index contributed by atoms with van der Waals surface area (Å²) in [5.41, 5.74) is 3.46. The zero-order valence-corrected chi connectivity index (χ0v) is 11.2. The Morgan fingerprint density at radius 3 is 2.67 bits per heavy atom. The molecule has 92 valence electrons. The molecule has 0 radical (unpaired) electrons. The molecule has 0 bridgehead atoms. The number of rotatable bonds is 2. The van der Waals surface area contributed by atoms with Gasteiger partial charge in [0, 0.05) is 12.0 Å². The lowest BCUT2D eigenvalue weighted by atomic mass is 10.0. The average molecular weight is 257 g/mol. The monoisotopic (exact) mass is 257 g/mol. The van der Waals surface area contributed by atoms with Crippen molar-refractivity contribution in [2.24, 2.45) is 0 Å². The fraction of sp³-hybridized carbons (Fsp3) is 0.333. The van der Waals surface area contributed by atoms with Crippen LogP contribution in [0.3, 0.4) is 0 Å². The van der Waals surface area contributed by atoms with E-state index in [2.05, 4.69) is 36.2 Å². The van der Waals surface area contributed by atoms with Crippen LogP contribution in [-0.4, -0.2) is 10.8 Å². The van der Waals surface area contributed by atoms with Crippen LogP contribution in [0.15, 0.2) is 24.3 Å². The highest BCUT2D eigenvalue weighted by Crippen LogP contribution is 2.32. The molecule has 1 aromatic heterocycles. The minimum atomic E-state index is 0.269. The molecule has 0 spiro atoms. The highest BCUT2D eigenvalue weighted by atomic mass is 32.1. The molecule has 1 aromatic carbocycles. The Balaban J connectivity index is 1.99. The molecule has 0 saturated heterocycles. The fourth-order valence-corrected chi connectivity index (χ4v) is 3.36. The van der Waals surface area contributed by atoms with E-state index in [1.807, 2.05) is 0 Å².